The molecule has 1 amide bonds. The van der Waals surface area contributed by atoms with Crippen LogP contribution in [0.25, 0.3) is 5.82 Å². The minimum absolute atomic E-state index is 0.0241. The van der Waals surface area contributed by atoms with Gasteiger partial charge >= 0.3 is 6.18 Å². The molecule has 14 heteroatoms. The number of para-hydroxylation sites is 1. The van der Waals surface area contributed by atoms with Gasteiger partial charge in [-0.2, -0.15) is 33.7 Å². The van der Waals surface area contributed by atoms with Crippen molar-refractivity contribution < 1.29 is 27.1 Å². The van der Waals surface area contributed by atoms with Gasteiger partial charge in [0.15, 0.2) is 23.1 Å². The van der Waals surface area contributed by atoms with Gasteiger partial charge in [-0.3, -0.25) is 9.48 Å². The van der Waals surface area contributed by atoms with Crippen LogP contribution in [0.15, 0.2) is 49.1 Å². The number of amides is 1. The highest BCUT2D eigenvalue weighted by Crippen LogP contribution is 2.34. The van der Waals surface area contributed by atoms with Crippen LogP contribution in [0.4, 0.5) is 23.2 Å². The van der Waals surface area contributed by atoms with Crippen molar-refractivity contribution in [1.29, 1.82) is 5.26 Å². The van der Waals surface area contributed by atoms with Crippen LogP contribution in [-0.4, -0.2) is 42.8 Å². The molecule has 0 fully saturated rings. The number of aromatic nitrogens is 6. The molecule has 0 bridgehead atoms. The second kappa shape index (κ2) is 9.21. The molecule has 4 rings (SSSR count). The first-order valence-electron chi connectivity index (χ1n) is 9.75. The molecule has 0 aliphatic rings. The van der Waals surface area contributed by atoms with Crippen LogP contribution in [0, 0.1) is 17.1 Å². The average Bonchev–Trinajstić information content (AvgIpc) is 3.49. The topological polar surface area (TPSA) is 124 Å². The highest BCUT2D eigenvalue weighted by atomic mass is 19.4. The van der Waals surface area contributed by atoms with Crippen molar-refractivity contribution in [1.82, 2.24) is 29.8 Å². The summed E-state index contributed by atoms with van der Waals surface area (Å²) in [5.74, 6) is -2.05. The Balaban J connectivity index is 1.66. The van der Waals surface area contributed by atoms with E-state index >= 15 is 0 Å². The van der Waals surface area contributed by atoms with Crippen molar-refractivity contribution in [3.8, 4) is 17.6 Å². The monoisotopic (exact) mass is 486 g/mol. The first-order valence-corrected chi connectivity index (χ1v) is 9.75. The first kappa shape index (κ1) is 23.4. The highest BCUT2D eigenvalue weighted by Gasteiger charge is 2.40. The van der Waals surface area contributed by atoms with Crippen molar-refractivity contribution in [2.24, 2.45) is 0 Å². The number of carbonyl (C=O) groups excluding carboxylic acids is 1. The second-order valence-electron chi connectivity index (χ2n) is 6.97. The Morgan fingerprint density at radius 1 is 1.20 bits per heavy atom. The van der Waals surface area contributed by atoms with Crippen molar-refractivity contribution in [3.63, 3.8) is 0 Å². The molecule has 4 aromatic rings. The van der Waals surface area contributed by atoms with Crippen molar-refractivity contribution in [2.75, 3.05) is 12.4 Å². The van der Waals surface area contributed by atoms with Crippen LogP contribution in [0.3, 0.4) is 0 Å². The number of carbonyl (C=O) groups is 1. The van der Waals surface area contributed by atoms with Crippen LogP contribution in [0.5, 0.6) is 5.75 Å². The van der Waals surface area contributed by atoms with Crippen molar-refractivity contribution >= 4 is 11.6 Å². The lowest BCUT2D eigenvalue weighted by atomic mass is 10.1. The Morgan fingerprint density at radius 3 is 2.60 bits per heavy atom. The number of ether oxygens (including phenoxy) is 1. The van der Waals surface area contributed by atoms with Gasteiger partial charge in [0.25, 0.3) is 5.91 Å². The van der Waals surface area contributed by atoms with Gasteiger partial charge in [0.05, 0.1) is 49.7 Å². The number of nitrogens with zero attached hydrogens (tertiary/aromatic N) is 7. The maximum Gasteiger partial charge on any atom is 0.433 e. The largest absolute Gasteiger partial charge is 0.493 e. The quantitative estimate of drug-likeness (QED) is 0.415. The van der Waals surface area contributed by atoms with Crippen LogP contribution in [0.2, 0.25) is 0 Å². The molecular weight excluding hydrogens is 472 g/mol. The van der Waals surface area contributed by atoms with E-state index in [9.17, 15) is 27.6 Å². The normalized spacial score (nSPS) is 11.2. The number of anilines is 1. The number of pyridine rings is 1. The zero-order chi connectivity index (χ0) is 25.2. The Bertz CT molecular complexity index is 1420. The molecule has 35 heavy (non-hydrogen) atoms. The molecule has 178 valence electrons. The van der Waals surface area contributed by atoms with Crippen LogP contribution >= 0.6 is 0 Å². The fourth-order valence-electron chi connectivity index (χ4n) is 3.33. The Hall–Kier alpha value is -4.80. The molecule has 1 N–H and O–H groups in total. The molecule has 1 aromatic carbocycles. The SMILES string of the molecule is COc1c(F)cccc1Cn1ncc(C(=O)Nc2cnc(-n3nccn3)c(C#N)c2)c1C(F)(F)F. The van der Waals surface area contributed by atoms with E-state index in [-0.39, 0.29) is 28.4 Å². The number of methoxy groups -OCH3 is 1. The van der Waals surface area contributed by atoms with Crippen LogP contribution in [0.1, 0.15) is 27.2 Å². The van der Waals surface area contributed by atoms with Gasteiger partial charge in [-0.05, 0) is 12.1 Å². The fraction of sp³-hybridized carbons (Fsp3) is 0.143. The molecule has 0 radical (unpaired) electrons. The van der Waals surface area contributed by atoms with E-state index in [2.05, 4.69) is 25.6 Å². The van der Waals surface area contributed by atoms with Crippen molar-refractivity contribution in [3.05, 3.63) is 77.3 Å². The van der Waals surface area contributed by atoms with Crippen molar-refractivity contribution in [2.45, 2.75) is 12.7 Å². The van der Waals surface area contributed by atoms with E-state index in [1.165, 1.54) is 37.7 Å². The van der Waals surface area contributed by atoms with Crippen LogP contribution in [-0.2, 0) is 12.7 Å². The van der Waals surface area contributed by atoms with E-state index in [1.807, 2.05) is 6.07 Å². The lowest BCUT2D eigenvalue weighted by Crippen LogP contribution is -2.22. The third-order valence-corrected chi connectivity index (χ3v) is 4.78. The predicted octanol–water partition coefficient (Wildman–Crippen LogP) is 3.20. The number of hydrogen-bond donors (Lipinski definition) is 1. The van der Waals surface area contributed by atoms with E-state index in [4.69, 9.17) is 4.74 Å². The smallest absolute Gasteiger partial charge is 0.433 e. The van der Waals surface area contributed by atoms with Gasteiger partial charge in [0, 0.05) is 5.56 Å². The summed E-state index contributed by atoms with van der Waals surface area (Å²) in [7, 11) is 1.19. The summed E-state index contributed by atoms with van der Waals surface area (Å²) in [6, 6.07) is 6.89. The minimum Gasteiger partial charge on any atom is -0.493 e. The van der Waals surface area contributed by atoms with E-state index in [0.717, 1.165) is 23.3 Å². The lowest BCUT2D eigenvalue weighted by Gasteiger charge is -2.15. The lowest BCUT2D eigenvalue weighted by molar-refractivity contribution is -0.144. The minimum atomic E-state index is -4.96. The Morgan fingerprint density at radius 2 is 1.94 bits per heavy atom. The highest BCUT2D eigenvalue weighted by molar-refractivity contribution is 6.05. The summed E-state index contributed by atoms with van der Waals surface area (Å²) >= 11 is 0. The zero-order valence-electron chi connectivity index (χ0n) is 17.8. The summed E-state index contributed by atoms with van der Waals surface area (Å²) in [6.45, 7) is -0.505. The zero-order valence-corrected chi connectivity index (χ0v) is 17.8. The standard InChI is InChI=1S/C21H14F4N8O2/c1-35-17-12(3-2-4-16(17)22)11-32-18(21(23,24)25)15(10-30-32)20(34)31-14-7-13(8-26)19(27-9-14)33-28-5-6-29-33/h2-7,9-10H,11H2,1H3,(H,31,34). The molecule has 10 nitrogen and oxygen atoms in total. The number of rotatable bonds is 6. The van der Waals surface area contributed by atoms with Crippen LogP contribution < -0.4 is 10.1 Å². The number of hydrogen-bond acceptors (Lipinski definition) is 7. The second-order valence-corrected chi connectivity index (χ2v) is 6.97. The molecular formula is C21H14F4N8O2. The summed E-state index contributed by atoms with van der Waals surface area (Å²) in [4.78, 5) is 17.8. The molecule has 0 aliphatic heterocycles. The summed E-state index contributed by atoms with van der Waals surface area (Å²) in [6.07, 6.45) is -0.324. The molecule has 0 saturated carbocycles. The molecule has 0 spiro atoms. The average molecular weight is 486 g/mol. The van der Waals surface area contributed by atoms with Gasteiger partial charge in [0.2, 0.25) is 0 Å². The fourth-order valence-corrected chi connectivity index (χ4v) is 3.33. The van der Waals surface area contributed by atoms with Gasteiger partial charge < -0.3 is 10.1 Å². The first-order chi connectivity index (χ1) is 16.7. The number of benzene rings is 1. The predicted molar refractivity (Wildman–Crippen MR) is 111 cm³/mol. The van der Waals surface area contributed by atoms with Gasteiger partial charge in [0.1, 0.15) is 11.6 Å². The van der Waals surface area contributed by atoms with E-state index < -0.39 is 35.7 Å². The summed E-state index contributed by atoms with van der Waals surface area (Å²) in [5.41, 5.74) is -2.07. The molecule has 3 heterocycles. The van der Waals surface area contributed by atoms with E-state index in [1.54, 1.807) is 0 Å². The Kier molecular flexibility index (Phi) is 6.15. The molecule has 0 unspecified atom stereocenters. The third-order valence-electron chi connectivity index (χ3n) is 4.78. The maximum absolute atomic E-state index is 14.0. The molecule has 0 atom stereocenters. The third kappa shape index (κ3) is 4.64. The number of nitrogens with one attached hydrogen (secondary N) is 1. The molecule has 0 saturated heterocycles. The molecule has 0 aliphatic carbocycles. The van der Waals surface area contributed by atoms with Gasteiger partial charge in [-0.1, -0.05) is 12.1 Å². The molecule has 3 aromatic heterocycles. The Labute approximate surface area is 194 Å². The number of halogens is 4. The maximum atomic E-state index is 14.0. The summed E-state index contributed by atoms with van der Waals surface area (Å²) < 4.78 is 61.2. The van der Waals surface area contributed by atoms with Gasteiger partial charge in [-0.25, -0.2) is 9.37 Å². The number of alkyl halides is 3. The van der Waals surface area contributed by atoms with E-state index in [0.29, 0.717) is 4.68 Å². The number of nitriles is 1. The summed E-state index contributed by atoms with van der Waals surface area (Å²) in [5, 5.41) is 23.1. The van der Waals surface area contributed by atoms with Gasteiger partial charge in [-0.15, -0.1) is 4.80 Å².